The first-order valence-electron chi connectivity index (χ1n) is 7.85. The van der Waals surface area contributed by atoms with Crippen molar-refractivity contribution in [1.29, 1.82) is 0 Å². The summed E-state index contributed by atoms with van der Waals surface area (Å²) in [6.07, 6.45) is 6.85. The second-order valence-corrected chi connectivity index (χ2v) is 5.35. The molecule has 0 aliphatic rings. The molecule has 25 heavy (non-hydrogen) atoms. The van der Waals surface area contributed by atoms with Gasteiger partial charge in [0.25, 0.3) is 0 Å². The molecule has 0 atom stereocenters. The summed E-state index contributed by atoms with van der Waals surface area (Å²) < 4.78 is 5.36. The molecule has 0 aliphatic heterocycles. The van der Waals surface area contributed by atoms with Gasteiger partial charge >= 0.3 is 0 Å². The van der Waals surface area contributed by atoms with Crippen molar-refractivity contribution in [3.05, 3.63) is 79.1 Å². The molecule has 0 amide bonds. The zero-order chi connectivity index (χ0) is 16.9. The summed E-state index contributed by atoms with van der Waals surface area (Å²) in [5.74, 6) is 2.16. The molecule has 4 rings (SSSR count). The van der Waals surface area contributed by atoms with E-state index in [4.69, 9.17) is 4.42 Å². The third-order valence-electron chi connectivity index (χ3n) is 3.62. The van der Waals surface area contributed by atoms with Crippen LogP contribution in [-0.4, -0.2) is 19.9 Å². The van der Waals surface area contributed by atoms with Crippen LogP contribution in [0, 0.1) is 0 Å². The average molecular weight is 329 g/mol. The lowest BCUT2D eigenvalue weighted by Crippen LogP contribution is -2.03. The maximum atomic E-state index is 5.36. The lowest BCUT2D eigenvalue weighted by atomic mass is 10.2. The van der Waals surface area contributed by atoms with Crippen LogP contribution in [0.3, 0.4) is 0 Å². The number of hydrogen-bond acceptors (Lipinski definition) is 6. The van der Waals surface area contributed by atoms with Gasteiger partial charge in [0.15, 0.2) is 5.82 Å². The van der Waals surface area contributed by atoms with Crippen molar-refractivity contribution in [1.82, 2.24) is 19.9 Å². The summed E-state index contributed by atoms with van der Waals surface area (Å²) >= 11 is 0. The van der Waals surface area contributed by atoms with Gasteiger partial charge < -0.3 is 9.73 Å². The maximum absolute atomic E-state index is 5.36. The minimum Gasteiger partial charge on any atom is -0.467 e. The standard InChI is InChI=1S/C19H15N5O/c1-2-8-21-16(5-1)17-12-18(22-13-15-4-3-11-25-15)24-19(23-17)14-6-9-20-10-7-14/h1-12H,13H2,(H,22,23,24). The van der Waals surface area contributed by atoms with Gasteiger partial charge in [-0.1, -0.05) is 6.07 Å². The number of furan rings is 1. The molecule has 0 saturated carbocycles. The number of rotatable bonds is 5. The fraction of sp³-hybridized carbons (Fsp3) is 0.0526. The molecule has 6 heteroatoms. The highest BCUT2D eigenvalue weighted by molar-refractivity contribution is 5.65. The van der Waals surface area contributed by atoms with E-state index in [1.807, 2.05) is 48.5 Å². The van der Waals surface area contributed by atoms with Crippen LogP contribution in [0.25, 0.3) is 22.8 Å². The van der Waals surface area contributed by atoms with Crippen LogP contribution in [0.5, 0.6) is 0 Å². The minimum absolute atomic E-state index is 0.543. The number of nitrogens with zero attached hydrogens (tertiary/aromatic N) is 4. The Bertz CT molecular complexity index is 882. The van der Waals surface area contributed by atoms with Gasteiger partial charge in [-0.2, -0.15) is 0 Å². The Balaban J connectivity index is 1.72. The van der Waals surface area contributed by atoms with Crippen molar-refractivity contribution < 1.29 is 4.42 Å². The molecule has 6 nitrogen and oxygen atoms in total. The largest absolute Gasteiger partial charge is 0.467 e. The van der Waals surface area contributed by atoms with Crippen molar-refractivity contribution in [3.63, 3.8) is 0 Å². The smallest absolute Gasteiger partial charge is 0.162 e. The van der Waals surface area contributed by atoms with Gasteiger partial charge in [-0.3, -0.25) is 9.97 Å². The quantitative estimate of drug-likeness (QED) is 0.600. The summed E-state index contributed by atoms with van der Waals surface area (Å²) in [5, 5.41) is 3.28. The van der Waals surface area contributed by atoms with E-state index >= 15 is 0 Å². The molecule has 4 heterocycles. The topological polar surface area (TPSA) is 76.7 Å². The van der Waals surface area contributed by atoms with Crippen LogP contribution in [0.15, 0.2) is 77.8 Å². The number of anilines is 1. The number of hydrogen-bond donors (Lipinski definition) is 1. The number of pyridine rings is 2. The van der Waals surface area contributed by atoms with Crippen LogP contribution < -0.4 is 5.32 Å². The van der Waals surface area contributed by atoms with E-state index in [-0.39, 0.29) is 0 Å². The number of aromatic nitrogens is 4. The van der Waals surface area contributed by atoms with Gasteiger partial charge in [0.1, 0.15) is 11.6 Å². The second-order valence-electron chi connectivity index (χ2n) is 5.35. The molecule has 0 unspecified atom stereocenters. The molecule has 1 N–H and O–H groups in total. The normalized spacial score (nSPS) is 10.6. The summed E-state index contributed by atoms with van der Waals surface area (Å²) in [7, 11) is 0. The highest BCUT2D eigenvalue weighted by atomic mass is 16.3. The summed E-state index contributed by atoms with van der Waals surface area (Å²) in [4.78, 5) is 17.7. The molecule has 0 bridgehead atoms. The van der Waals surface area contributed by atoms with E-state index in [1.54, 1.807) is 24.9 Å². The molecule has 0 spiro atoms. The first-order valence-corrected chi connectivity index (χ1v) is 7.85. The van der Waals surface area contributed by atoms with E-state index < -0.39 is 0 Å². The predicted molar refractivity (Wildman–Crippen MR) is 94.5 cm³/mol. The third kappa shape index (κ3) is 3.53. The molecular weight excluding hydrogens is 314 g/mol. The van der Waals surface area contributed by atoms with E-state index in [0.717, 1.165) is 22.7 Å². The van der Waals surface area contributed by atoms with Gasteiger partial charge in [-0.25, -0.2) is 9.97 Å². The van der Waals surface area contributed by atoms with Gasteiger partial charge in [0, 0.05) is 30.2 Å². The fourth-order valence-corrected chi connectivity index (χ4v) is 2.40. The zero-order valence-electron chi connectivity index (χ0n) is 13.3. The van der Waals surface area contributed by atoms with Crippen molar-refractivity contribution in [2.75, 3.05) is 5.32 Å². The SMILES string of the molecule is c1ccc(-c2cc(NCc3ccco3)nc(-c3ccncc3)n2)nc1. The van der Waals surface area contributed by atoms with Gasteiger partial charge in [0.2, 0.25) is 0 Å². The fourth-order valence-electron chi connectivity index (χ4n) is 2.40. The molecule has 4 aromatic rings. The highest BCUT2D eigenvalue weighted by Gasteiger charge is 2.10. The zero-order valence-corrected chi connectivity index (χ0v) is 13.3. The van der Waals surface area contributed by atoms with Crippen LogP contribution in [-0.2, 0) is 6.54 Å². The lowest BCUT2D eigenvalue weighted by Gasteiger charge is -2.09. The first-order chi connectivity index (χ1) is 12.4. The van der Waals surface area contributed by atoms with E-state index in [0.29, 0.717) is 18.2 Å². The predicted octanol–water partition coefficient (Wildman–Crippen LogP) is 3.81. The third-order valence-corrected chi connectivity index (χ3v) is 3.62. The van der Waals surface area contributed by atoms with Gasteiger partial charge in [-0.05, 0) is 36.4 Å². The molecule has 0 saturated heterocycles. The minimum atomic E-state index is 0.543. The Morgan fingerprint density at radius 3 is 2.56 bits per heavy atom. The van der Waals surface area contributed by atoms with Crippen molar-refractivity contribution in [3.8, 4) is 22.8 Å². The molecule has 0 radical (unpaired) electrons. The molecule has 0 fully saturated rings. The molecular formula is C19H15N5O. The Hall–Kier alpha value is -3.54. The van der Waals surface area contributed by atoms with Crippen molar-refractivity contribution >= 4 is 5.82 Å². The van der Waals surface area contributed by atoms with E-state index in [2.05, 4.69) is 25.3 Å². The van der Waals surface area contributed by atoms with Crippen molar-refractivity contribution in [2.24, 2.45) is 0 Å². The Labute approximate surface area is 144 Å². The van der Waals surface area contributed by atoms with Crippen LogP contribution in [0.1, 0.15) is 5.76 Å². The molecule has 122 valence electrons. The summed E-state index contributed by atoms with van der Waals surface area (Å²) in [5.41, 5.74) is 2.44. The monoisotopic (exact) mass is 329 g/mol. The Morgan fingerprint density at radius 2 is 1.80 bits per heavy atom. The number of nitrogens with one attached hydrogen (secondary N) is 1. The maximum Gasteiger partial charge on any atom is 0.162 e. The molecule has 0 aromatic carbocycles. The molecule has 0 aliphatic carbocycles. The Morgan fingerprint density at radius 1 is 0.880 bits per heavy atom. The van der Waals surface area contributed by atoms with Crippen LogP contribution >= 0.6 is 0 Å². The van der Waals surface area contributed by atoms with E-state index in [9.17, 15) is 0 Å². The van der Waals surface area contributed by atoms with Gasteiger partial charge in [-0.15, -0.1) is 0 Å². The average Bonchev–Trinajstić information content (AvgIpc) is 3.21. The second kappa shape index (κ2) is 6.92. The van der Waals surface area contributed by atoms with E-state index in [1.165, 1.54) is 0 Å². The van der Waals surface area contributed by atoms with Crippen LogP contribution in [0.2, 0.25) is 0 Å². The summed E-state index contributed by atoms with van der Waals surface area (Å²) in [6.45, 7) is 0.543. The summed E-state index contributed by atoms with van der Waals surface area (Å²) in [6, 6.07) is 15.2. The van der Waals surface area contributed by atoms with Gasteiger partial charge in [0.05, 0.1) is 24.2 Å². The first kappa shape index (κ1) is 15.0. The highest BCUT2D eigenvalue weighted by Crippen LogP contribution is 2.23. The molecule has 4 aromatic heterocycles. The lowest BCUT2D eigenvalue weighted by molar-refractivity contribution is 0.518. The van der Waals surface area contributed by atoms with Crippen LogP contribution in [0.4, 0.5) is 5.82 Å². The Kier molecular flexibility index (Phi) is 4.16. The van der Waals surface area contributed by atoms with Crippen molar-refractivity contribution in [2.45, 2.75) is 6.54 Å².